The lowest BCUT2D eigenvalue weighted by Crippen LogP contribution is -2.43. The zero-order chi connectivity index (χ0) is 28.5. The lowest BCUT2D eigenvalue weighted by Gasteiger charge is -2.33. The summed E-state index contributed by atoms with van der Waals surface area (Å²) in [6.45, 7) is 3.02. The predicted molar refractivity (Wildman–Crippen MR) is 146 cm³/mol. The second kappa shape index (κ2) is 11.0. The topological polar surface area (TPSA) is 114 Å². The summed E-state index contributed by atoms with van der Waals surface area (Å²) in [5.74, 6) is 1.30. The molecule has 1 aliphatic heterocycles. The first-order valence-corrected chi connectivity index (χ1v) is 14.4. The molecule has 0 unspecified atom stereocenters. The maximum Gasteiger partial charge on any atom is 0.416 e. The lowest BCUT2D eigenvalue weighted by molar-refractivity contribution is -0.137. The van der Waals surface area contributed by atoms with Crippen molar-refractivity contribution >= 4 is 40.8 Å². The summed E-state index contributed by atoms with van der Waals surface area (Å²) in [5, 5.41) is 4.26. The van der Waals surface area contributed by atoms with Gasteiger partial charge in [-0.05, 0) is 36.8 Å². The Bertz CT molecular complexity index is 1430. The van der Waals surface area contributed by atoms with Gasteiger partial charge in [-0.1, -0.05) is 0 Å². The highest BCUT2D eigenvalue weighted by atomic mass is 31.2. The van der Waals surface area contributed by atoms with Crippen LogP contribution in [0.3, 0.4) is 0 Å². The fraction of sp³-hybridized carbons (Fsp3) is 0.423. The van der Waals surface area contributed by atoms with E-state index in [-0.39, 0.29) is 24.7 Å². The molecular formula is C26H32F3N6O3P. The van der Waals surface area contributed by atoms with Crippen molar-refractivity contribution in [2.24, 2.45) is 0 Å². The van der Waals surface area contributed by atoms with Gasteiger partial charge in [-0.15, -0.1) is 0 Å². The maximum atomic E-state index is 14.2. The van der Waals surface area contributed by atoms with Crippen molar-refractivity contribution in [3.8, 4) is 5.75 Å². The van der Waals surface area contributed by atoms with Crippen molar-refractivity contribution in [3.05, 3.63) is 47.3 Å². The Kier molecular flexibility index (Phi) is 8.09. The van der Waals surface area contributed by atoms with E-state index in [9.17, 15) is 22.5 Å². The molecule has 39 heavy (non-hydrogen) atoms. The second-order valence-corrected chi connectivity index (χ2v) is 13.0. The van der Waals surface area contributed by atoms with Gasteiger partial charge in [-0.2, -0.15) is 13.2 Å². The molecule has 1 amide bonds. The number of carbonyl (C=O) groups excluding carboxylic acids is 1. The van der Waals surface area contributed by atoms with E-state index in [0.717, 1.165) is 12.1 Å². The molecule has 0 radical (unpaired) electrons. The molecule has 13 heteroatoms. The Hall–Kier alpha value is -3.37. The number of ether oxygens (including phenoxy) is 1. The molecule has 0 aliphatic carbocycles. The van der Waals surface area contributed by atoms with Crippen molar-refractivity contribution in [3.63, 3.8) is 0 Å². The molecule has 0 saturated carbocycles. The van der Waals surface area contributed by atoms with Crippen molar-refractivity contribution in [2.45, 2.75) is 19.6 Å². The van der Waals surface area contributed by atoms with E-state index in [4.69, 9.17) is 10.5 Å². The lowest BCUT2D eigenvalue weighted by atomic mass is 10.1. The molecule has 210 valence electrons. The molecule has 1 saturated heterocycles. The first-order valence-electron chi connectivity index (χ1n) is 12.4. The van der Waals surface area contributed by atoms with Gasteiger partial charge in [0.2, 0.25) is 5.91 Å². The summed E-state index contributed by atoms with van der Waals surface area (Å²) in [7, 11) is 2.03. The van der Waals surface area contributed by atoms with E-state index in [0.29, 0.717) is 64.6 Å². The van der Waals surface area contributed by atoms with Crippen LogP contribution in [0.2, 0.25) is 0 Å². The molecule has 1 aliphatic rings. The SMILES string of the molecule is COc1cc2nc(C)nc(NCc3cc(N)cc(C(F)(F)F)c3)c2cc1P1(=O)CCN(CC(=O)N(C)C)CC1. The second-order valence-electron chi connectivity index (χ2n) is 9.88. The highest BCUT2D eigenvalue weighted by Gasteiger charge is 2.34. The van der Waals surface area contributed by atoms with Gasteiger partial charge in [-0.25, -0.2) is 9.97 Å². The highest BCUT2D eigenvalue weighted by molar-refractivity contribution is 7.72. The van der Waals surface area contributed by atoms with Gasteiger partial charge in [0.05, 0.1) is 30.0 Å². The Balaban J connectivity index is 1.65. The maximum absolute atomic E-state index is 14.2. The van der Waals surface area contributed by atoms with Crippen LogP contribution in [0.15, 0.2) is 30.3 Å². The molecule has 0 spiro atoms. The fourth-order valence-electron chi connectivity index (χ4n) is 4.61. The monoisotopic (exact) mass is 564 g/mol. The summed E-state index contributed by atoms with van der Waals surface area (Å²) >= 11 is 0. The number of aromatic nitrogens is 2. The Labute approximate surface area is 224 Å². The molecule has 1 fully saturated rings. The smallest absolute Gasteiger partial charge is 0.416 e. The number of rotatable bonds is 7. The zero-order valence-corrected chi connectivity index (χ0v) is 23.2. The Morgan fingerprint density at radius 1 is 1.15 bits per heavy atom. The van der Waals surface area contributed by atoms with Crippen molar-refractivity contribution in [1.82, 2.24) is 19.8 Å². The molecule has 1 aromatic heterocycles. The summed E-state index contributed by atoms with van der Waals surface area (Å²) in [5.41, 5.74) is 5.79. The first kappa shape index (κ1) is 28.6. The van der Waals surface area contributed by atoms with Crippen LogP contribution in [-0.2, 0) is 22.1 Å². The third kappa shape index (κ3) is 6.45. The number of nitrogens with two attached hydrogens (primary N) is 1. The van der Waals surface area contributed by atoms with E-state index in [1.54, 1.807) is 33.2 Å². The van der Waals surface area contributed by atoms with Gasteiger partial charge < -0.3 is 25.3 Å². The van der Waals surface area contributed by atoms with Gasteiger partial charge in [0.25, 0.3) is 0 Å². The number of likely N-dealkylation sites (N-methyl/N-ethyl adjacent to an activating group) is 1. The van der Waals surface area contributed by atoms with Crippen molar-refractivity contribution in [2.75, 3.05) is 64.2 Å². The summed E-state index contributed by atoms with van der Waals surface area (Å²) in [6.07, 6.45) is -3.75. The molecule has 0 bridgehead atoms. The number of nitrogens with zero attached hydrogens (tertiary/aromatic N) is 4. The number of hydrogen-bond donors (Lipinski definition) is 2. The van der Waals surface area contributed by atoms with Gasteiger partial charge in [-0.3, -0.25) is 9.69 Å². The van der Waals surface area contributed by atoms with E-state index in [2.05, 4.69) is 15.3 Å². The molecule has 2 aromatic carbocycles. The van der Waals surface area contributed by atoms with Crippen molar-refractivity contribution in [1.29, 1.82) is 0 Å². The number of methoxy groups -OCH3 is 1. The van der Waals surface area contributed by atoms with Crippen LogP contribution in [0.5, 0.6) is 5.75 Å². The third-order valence-electron chi connectivity index (χ3n) is 6.76. The first-order chi connectivity index (χ1) is 18.3. The van der Waals surface area contributed by atoms with Crippen LogP contribution in [0, 0.1) is 6.92 Å². The number of nitrogen functional groups attached to an aromatic ring is 1. The minimum Gasteiger partial charge on any atom is -0.496 e. The van der Waals surface area contributed by atoms with Crippen molar-refractivity contribution < 1.29 is 27.3 Å². The highest BCUT2D eigenvalue weighted by Crippen LogP contribution is 2.49. The van der Waals surface area contributed by atoms with Crippen LogP contribution >= 0.6 is 7.14 Å². The number of hydrogen-bond acceptors (Lipinski definition) is 8. The van der Waals surface area contributed by atoms with Crippen LogP contribution < -0.4 is 21.1 Å². The molecule has 0 atom stereocenters. The number of fused-ring (bicyclic) bond motifs is 1. The Morgan fingerprint density at radius 3 is 2.46 bits per heavy atom. The van der Waals surface area contributed by atoms with E-state index in [1.807, 2.05) is 4.90 Å². The van der Waals surface area contributed by atoms with Crippen LogP contribution in [0.4, 0.5) is 24.7 Å². The normalized spacial score (nSPS) is 15.8. The van der Waals surface area contributed by atoms with Crippen LogP contribution in [-0.4, -0.2) is 78.8 Å². The largest absolute Gasteiger partial charge is 0.496 e. The standard InChI is InChI=1S/C26H32F3N6O3P/c1-16-32-21-13-22(38-4)23(39(37)7-5-35(6-8-39)15-24(36)34(2)3)12-20(21)25(33-16)31-14-17-9-18(26(27,28)29)11-19(30)10-17/h9-13H,5-8,14-15,30H2,1-4H3,(H,31,32,33). The third-order valence-corrected chi connectivity index (χ3v) is 9.83. The summed E-state index contributed by atoms with van der Waals surface area (Å²) < 4.78 is 59.6. The summed E-state index contributed by atoms with van der Waals surface area (Å²) in [6, 6.07) is 6.89. The minimum absolute atomic E-state index is 0.00842. The van der Waals surface area contributed by atoms with Gasteiger partial charge >= 0.3 is 6.18 Å². The number of alkyl halides is 3. The molecule has 9 nitrogen and oxygen atoms in total. The van der Waals surface area contributed by atoms with Gasteiger partial charge in [0.1, 0.15) is 24.5 Å². The molecule has 2 heterocycles. The number of halogens is 3. The number of benzene rings is 2. The van der Waals surface area contributed by atoms with Gasteiger partial charge in [0, 0.05) is 63.2 Å². The quantitative estimate of drug-likeness (QED) is 0.331. The number of amides is 1. The van der Waals surface area contributed by atoms with E-state index < -0.39 is 18.9 Å². The zero-order valence-electron chi connectivity index (χ0n) is 22.3. The van der Waals surface area contributed by atoms with E-state index in [1.165, 1.54) is 18.1 Å². The predicted octanol–water partition coefficient (Wildman–Crippen LogP) is 3.55. The average Bonchev–Trinajstić information content (AvgIpc) is 2.87. The number of nitrogens with one attached hydrogen (secondary N) is 1. The minimum atomic E-state index is -4.52. The fourth-order valence-corrected chi connectivity index (χ4v) is 7.45. The average molecular weight is 565 g/mol. The number of aryl methyl sites for hydroxylation is 1. The van der Waals surface area contributed by atoms with E-state index >= 15 is 0 Å². The molecule has 3 aromatic rings. The molecular weight excluding hydrogens is 532 g/mol. The number of carbonyl (C=O) groups is 1. The number of anilines is 2. The Morgan fingerprint density at radius 2 is 1.85 bits per heavy atom. The molecule has 4 rings (SSSR count). The van der Waals surface area contributed by atoms with Crippen LogP contribution in [0.25, 0.3) is 10.9 Å². The van der Waals surface area contributed by atoms with Crippen LogP contribution in [0.1, 0.15) is 17.0 Å². The van der Waals surface area contributed by atoms with Gasteiger partial charge in [0.15, 0.2) is 0 Å². The summed E-state index contributed by atoms with van der Waals surface area (Å²) in [4.78, 5) is 24.6. The molecule has 3 N–H and O–H groups in total.